The highest BCUT2D eigenvalue weighted by Crippen LogP contribution is 2.29. The van der Waals surface area contributed by atoms with Crippen LogP contribution in [-0.4, -0.2) is 22.3 Å². The van der Waals surface area contributed by atoms with Gasteiger partial charge in [0.15, 0.2) is 5.15 Å². The maximum atomic E-state index is 11.7. The highest BCUT2D eigenvalue weighted by Gasteiger charge is 2.31. The van der Waals surface area contributed by atoms with Gasteiger partial charge in [0.25, 0.3) is 0 Å². The number of nitrogens with zero attached hydrogens (tertiary/aromatic N) is 2. The van der Waals surface area contributed by atoms with Gasteiger partial charge in [0.2, 0.25) is 5.91 Å². The standard InChI is InChI=1S/C9H8BrClN2O/c10-6-3-5-13(9(6)14)7-2-1-4-12-8(7)11/h1-2,4,6H,3,5H2. The van der Waals surface area contributed by atoms with Crippen LogP contribution < -0.4 is 4.90 Å². The molecule has 0 aromatic carbocycles. The molecule has 2 heterocycles. The van der Waals surface area contributed by atoms with Crippen LogP contribution in [0.3, 0.4) is 0 Å². The van der Waals surface area contributed by atoms with Crippen molar-refractivity contribution in [2.24, 2.45) is 0 Å². The molecule has 1 unspecified atom stereocenters. The smallest absolute Gasteiger partial charge is 0.240 e. The minimum atomic E-state index is -0.0845. The van der Waals surface area contributed by atoms with Gasteiger partial charge in [0, 0.05) is 12.7 Å². The van der Waals surface area contributed by atoms with E-state index in [-0.39, 0.29) is 10.7 Å². The third kappa shape index (κ3) is 1.64. The van der Waals surface area contributed by atoms with Crippen LogP contribution in [0, 0.1) is 0 Å². The zero-order valence-corrected chi connectivity index (χ0v) is 9.62. The highest BCUT2D eigenvalue weighted by molar-refractivity contribution is 9.10. The summed E-state index contributed by atoms with van der Waals surface area (Å²) in [5.74, 6) is 0.0555. The first-order valence-corrected chi connectivity index (χ1v) is 5.55. The van der Waals surface area contributed by atoms with E-state index in [2.05, 4.69) is 20.9 Å². The summed E-state index contributed by atoms with van der Waals surface area (Å²) < 4.78 is 0. The lowest BCUT2D eigenvalue weighted by molar-refractivity contribution is -0.116. The predicted molar refractivity (Wildman–Crippen MR) is 58.9 cm³/mol. The van der Waals surface area contributed by atoms with Gasteiger partial charge >= 0.3 is 0 Å². The van der Waals surface area contributed by atoms with Crippen LogP contribution in [0.2, 0.25) is 5.15 Å². The molecule has 1 amide bonds. The average molecular weight is 276 g/mol. The van der Waals surface area contributed by atoms with Crippen LogP contribution in [0.15, 0.2) is 18.3 Å². The van der Waals surface area contributed by atoms with Crippen molar-refractivity contribution < 1.29 is 4.79 Å². The van der Waals surface area contributed by atoms with E-state index in [1.807, 2.05) is 0 Å². The number of pyridine rings is 1. The molecule has 14 heavy (non-hydrogen) atoms. The molecule has 2 rings (SSSR count). The Labute approximate surface area is 95.2 Å². The average Bonchev–Trinajstić information content (AvgIpc) is 2.49. The van der Waals surface area contributed by atoms with Crippen molar-refractivity contribution >= 4 is 39.1 Å². The van der Waals surface area contributed by atoms with Crippen molar-refractivity contribution in [1.29, 1.82) is 0 Å². The Hall–Kier alpha value is -0.610. The molecule has 1 aliphatic rings. The highest BCUT2D eigenvalue weighted by atomic mass is 79.9. The van der Waals surface area contributed by atoms with Crippen LogP contribution in [-0.2, 0) is 4.79 Å². The van der Waals surface area contributed by atoms with Gasteiger partial charge in [-0.15, -0.1) is 0 Å². The van der Waals surface area contributed by atoms with Crippen LogP contribution in [0.1, 0.15) is 6.42 Å². The van der Waals surface area contributed by atoms with E-state index in [1.54, 1.807) is 23.2 Å². The zero-order chi connectivity index (χ0) is 10.1. The second-order valence-corrected chi connectivity index (χ2v) is 4.52. The molecule has 0 N–H and O–H groups in total. The molecular formula is C9H8BrClN2O. The molecule has 0 bridgehead atoms. The number of halogens is 2. The van der Waals surface area contributed by atoms with E-state index in [4.69, 9.17) is 11.6 Å². The van der Waals surface area contributed by atoms with Crippen LogP contribution in [0.4, 0.5) is 5.69 Å². The molecule has 1 aromatic rings. The van der Waals surface area contributed by atoms with Crippen molar-refractivity contribution in [3.8, 4) is 0 Å². The number of carbonyl (C=O) groups excluding carboxylic acids is 1. The molecule has 1 aliphatic heterocycles. The molecular weight excluding hydrogens is 267 g/mol. The van der Waals surface area contributed by atoms with Crippen LogP contribution in [0.5, 0.6) is 0 Å². The molecule has 0 radical (unpaired) electrons. The summed E-state index contributed by atoms with van der Waals surface area (Å²) in [5.41, 5.74) is 0.695. The first-order chi connectivity index (χ1) is 6.70. The number of alkyl halides is 1. The van der Waals surface area contributed by atoms with E-state index in [0.717, 1.165) is 6.42 Å². The minimum Gasteiger partial charge on any atom is -0.309 e. The Bertz CT molecular complexity index is 372. The third-order valence-electron chi connectivity index (χ3n) is 2.17. The number of rotatable bonds is 1. The van der Waals surface area contributed by atoms with Crippen molar-refractivity contribution in [2.75, 3.05) is 11.4 Å². The molecule has 0 spiro atoms. The summed E-state index contributed by atoms with van der Waals surface area (Å²) in [6, 6.07) is 3.58. The Morgan fingerprint density at radius 1 is 1.64 bits per heavy atom. The van der Waals surface area contributed by atoms with Crippen molar-refractivity contribution in [3.05, 3.63) is 23.5 Å². The lowest BCUT2D eigenvalue weighted by Gasteiger charge is -2.16. The van der Waals surface area contributed by atoms with E-state index < -0.39 is 0 Å². The molecule has 1 fully saturated rings. The van der Waals surface area contributed by atoms with Crippen molar-refractivity contribution in [2.45, 2.75) is 11.2 Å². The van der Waals surface area contributed by atoms with Gasteiger partial charge in [-0.3, -0.25) is 4.79 Å². The van der Waals surface area contributed by atoms with Gasteiger partial charge < -0.3 is 4.90 Å². The lowest BCUT2D eigenvalue weighted by atomic mass is 10.4. The first-order valence-electron chi connectivity index (χ1n) is 4.26. The lowest BCUT2D eigenvalue weighted by Crippen LogP contribution is -2.27. The van der Waals surface area contributed by atoms with Gasteiger partial charge in [-0.05, 0) is 18.6 Å². The normalized spacial score (nSPS) is 21.7. The summed E-state index contributed by atoms with van der Waals surface area (Å²) in [4.78, 5) is 17.2. The molecule has 1 saturated heterocycles. The SMILES string of the molecule is O=C1C(Br)CCN1c1cccnc1Cl. The molecule has 5 heteroatoms. The Morgan fingerprint density at radius 2 is 2.43 bits per heavy atom. The van der Waals surface area contributed by atoms with E-state index in [9.17, 15) is 4.79 Å². The van der Waals surface area contributed by atoms with Crippen molar-refractivity contribution in [3.63, 3.8) is 0 Å². The van der Waals surface area contributed by atoms with E-state index in [0.29, 0.717) is 17.4 Å². The Balaban J connectivity index is 2.33. The number of carbonyl (C=O) groups is 1. The summed E-state index contributed by atoms with van der Waals surface area (Å²) in [7, 11) is 0. The zero-order valence-electron chi connectivity index (χ0n) is 7.28. The third-order valence-corrected chi connectivity index (χ3v) is 3.31. The van der Waals surface area contributed by atoms with E-state index >= 15 is 0 Å². The second-order valence-electron chi connectivity index (χ2n) is 3.06. The summed E-state index contributed by atoms with van der Waals surface area (Å²) in [5, 5.41) is 0.377. The van der Waals surface area contributed by atoms with Gasteiger partial charge in [-0.2, -0.15) is 0 Å². The number of amides is 1. The molecule has 0 aliphatic carbocycles. The van der Waals surface area contributed by atoms with Crippen LogP contribution >= 0.6 is 27.5 Å². The number of anilines is 1. The fraction of sp³-hybridized carbons (Fsp3) is 0.333. The quantitative estimate of drug-likeness (QED) is 0.582. The van der Waals surface area contributed by atoms with E-state index in [1.165, 1.54) is 0 Å². The molecule has 0 saturated carbocycles. The number of hydrogen-bond acceptors (Lipinski definition) is 2. The summed E-state index contributed by atoms with van der Waals surface area (Å²) >= 11 is 9.21. The molecule has 1 atom stereocenters. The van der Waals surface area contributed by atoms with Gasteiger partial charge in [0.05, 0.1) is 10.5 Å². The minimum absolute atomic E-state index is 0.0555. The summed E-state index contributed by atoms with van der Waals surface area (Å²) in [6.07, 6.45) is 2.42. The van der Waals surface area contributed by atoms with Gasteiger partial charge in [-0.1, -0.05) is 27.5 Å². The predicted octanol–water partition coefficient (Wildman–Crippen LogP) is 2.24. The fourth-order valence-electron chi connectivity index (χ4n) is 1.46. The first kappa shape index (κ1) is 9.93. The summed E-state index contributed by atoms with van der Waals surface area (Å²) in [6.45, 7) is 0.695. The largest absolute Gasteiger partial charge is 0.309 e. The number of aromatic nitrogens is 1. The Kier molecular flexibility index (Phi) is 2.74. The second kappa shape index (κ2) is 3.87. The van der Waals surface area contributed by atoms with Gasteiger partial charge in [-0.25, -0.2) is 4.98 Å². The maximum Gasteiger partial charge on any atom is 0.240 e. The maximum absolute atomic E-state index is 11.7. The Morgan fingerprint density at radius 3 is 3.00 bits per heavy atom. The number of hydrogen-bond donors (Lipinski definition) is 0. The fourth-order valence-corrected chi connectivity index (χ4v) is 2.14. The van der Waals surface area contributed by atoms with Gasteiger partial charge in [0.1, 0.15) is 0 Å². The molecule has 3 nitrogen and oxygen atoms in total. The van der Waals surface area contributed by atoms with Crippen LogP contribution in [0.25, 0.3) is 0 Å². The monoisotopic (exact) mass is 274 g/mol. The topological polar surface area (TPSA) is 33.2 Å². The van der Waals surface area contributed by atoms with Crippen molar-refractivity contribution in [1.82, 2.24) is 4.98 Å². The molecule has 74 valence electrons. The molecule has 1 aromatic heterocycles.